The van der Waals surface area contributed by atoms with Gasteiger partial charge in [-0.05, 0) is 34.6 Å². The molecule has 0 fully saturated rings. The fraction of sp³-hybridized carbons (Fsp3) is 0.100. The highest BCUT2D eigenvalue weighted by Gasteiger charge is 2.05. The van der Waals surface area contributed by atoms with E-state index >= 15 is 0 Å². The van der Waals surface area contributed by atoms with Gasteiger partial charge in [0, 0.05) is 12.1 Å². The first-order valence-corrected chi connectivity index (χ1v) is 8.35. The van der Waals surface area contributed by atoms with Crippen molar-refractivity contribution in [3.63, 3.8) is 0 Å². The summed E-state index contributed by atoms with van der Waals surface area (Å²) in [5.74, 6) is 0.771. The summed E-state index contributed by atoms with van der Waals surface area (Å²) in [6.45, 7) is 0.653. The third-order valence-electron chi connectivity index (χ3n) is 3.81. The minimum atomic E-state index is 0.472. The van der Waals surface area contributed by atoms with E-state index in [0.29, 0.717) is 11.7 Å². The van der Waals surface area contributed by atoms with Crippen LogP contribution in [0.25, 0.3) is 10.8 Å². The van der Waals surface area contributed by atoms with E-state index in [9.17, 15) is 0 Å². The average molecular weight is 349 g/mol. The summed E-state index contributed by atoms with van der Waals surface area (Å²) in [7, 11) is 1.65. The molecule has 0 radical (unpaired) electrons. The summed E-state index contributed by atoms with van der Waals surface area (Å²) in [4.78, 5) is 0. The normalized spacial score (nSPS) is 10.8. The van der Waals surface area contributed by atoms with Gasteiger partial charge in [0.2, 0.25) is 0 Å². The monoisotopic (exact) mass is 349 g/mol. The lowest BCUT2D eigenvalue weighted by Crippen LogP contribution is -2.31. The quantitative estimate of drug-likeness (QED) is 0.417. The SMILES string of the molecule is COc1ccc2ccccc2c1/C=N\NC(=S)NCc1ccccc1. The summed E-state index contributed by atoms with van der Waals surface area (Å²) >= 11 is 5.26. The van der Waals surface area contributed by atoms with Gasteiger partial charge in [-0.3, -0.25) is 5.43 Å². The molecule has 0 spiro atoms. The van der Waals surface area contributed by atoms with E-state index in [4.69, 9.17) is 17.0 Å². The minimum Gasteiger partial charge on any atom is -0.496 e. The number of methoxy groups -OCH3 is 1. The third-order valence-corrected chi connectivity index (χ3v) is 4.04. The molecular weight excluding hydrogens is 330 g/mol. The number of thiocarbonyl (C=S) groups is 1. The Kier molecular flexibility index (Phi) is 5.59. The van der Waals surface area contributed by atoms with Crippen LogP contribution < -0.4 is 15.5 Å². The number of benzene rings is 3. The molecule has 0 aliphatic rings. The second-order valence-corrected chi connectivity index (χ2v) is 5.85. The Labute approximate surface area is 152 Å². The Morgan fingerprint density at radius 2 is 1.80 bits per heavy atom. The smallest absolute Gasteiger partial charge is 0.187 e. The molecule has 2 N–H and O–H groups in total. The number of ether oxygens (including phenoxy) is 1. The van der Waals surface area contributed by atoms with Gasteiger partial charge in [0.05, 0.1) is 13.3 Å². The molecule has 3 aromatic carbocycles. The summed E-state index contributed by atoms with van der Waals surface area (Å²) in [6, 6.07) is 22.2. The van der Waals surface area contributed by atoms with Gasteiger partial charge in [-0.2, -0.15) is 5.10 Å². The second-order valence-electron chi connectivity index (χ2n) is 5.44. The molecule has 0 aliphatic heterocycles. The summed E-state index contributed by atoms with van der Waals surface area (Å²) in [5.41, 5.74) is 4.93. The molecular formula is C20H19N3OS. The number of hydrogen-bond donors (Lipinski definition) is 2. The van der Waals surface area contributed by atoms with Crippen LogP contribution in [-0.4, -0.2) is 18.4 Å². The van der Waals surface area contributed by atoms with Crippen LogP contribution in [0.4, 0.5) is 0 Å². The highest BCUT2D eigenvalue weighted by molar-refractivity contribution is 7.80. The first-order valence-electron chi connectivity index (χ1n) is 7.94. The zero-order valence-corrected chi connectivity index (χ0v) is 14.7. The number of hydrogen-bond acceptors (Lipinski definition) is 3. The topological polar surface area (TPSA) is 45.6 Å². The van der Waals surface area contributed by atoms with Gasteiger partial charge in [-0.15, -0.1) is 0 Å². The van der Waals surface area contributed by atoms with Crippen molar-refractivity contribution in [3.8, 4) is 5.75 Å². The molecule has 3 rings (SSSR count). The molecule has 0 bridgehead atoms. The molecule has 0 aliphatic carbocycles. The van der Waals surface area contributed by atoms with Crippen LogP contribution in [0.15, 0.2) is 71.8 Å². The van der Waals surface area contributed by atoms with Gasteiger partial charge in [0.25, 0.3) is 0 Å². The Balaban J connectivity index is 1.67. The van der Waals surface area contributed by atoms with Crippen molar-refractivity contribution in [3.05, 3.63) is 77.9 Å². The highest BCUT2D eigenvalue weighted by Crippen LogP contribution is 2.26. The molecule has 126 valence electrons. The van der Waals surface area contributed by atoms with E-state index in [2.05, 4.69) is 21.9 Å². The van der Waals surface area contributed by atoms with E-state index in [0.717, 1.165) is 27.6 Å². The van der Waals surface area contributed by atoms with Crippen LogP contribution in [0.5, 0.6) is 5.75 Å². The van der Waals surface area contributed by atoms with Gasteiger partial charge < -0.3 is 10.1 Å². The molecule has 0 amide bonds. The van der Waals surface area contributed by atoms with Crippen LogP contribution in [-0.2, 0) is 6.54 Å². The molecule has 25 heavy (non-hydrogen) atoms. The first-order chi connectivity index (χ1) is 12.3. The Hall–Kier alpha value is -2.92. The lowest BCUT2D eigenvalue weighted by Gasteiger charge is -2.09. The van der Waals surface area contributed by atoms with Gasteiger partial charge >= 0.3 is 0 Å². The van der Waals surface area contributed by atoms with E-state index in [1.807, 2.05) is 60.7 Å². The maximum absolute atomic E-state index is 5.45. The molecule has 0 atom stereocenters. The molecule has 0 saturated carbocycles. The average Bonchev–Trinajstić information content (AvgIpc) is 2.67. The highest BCUT2D eigenvalue weighted by atomic mass is 32.1. The van der Waals surface area contributed by atoms with Crippen molar-refractivity contribution in [2.24, 2.45) is 5.10 Å². The van der Waals surface area contributed by atoms with Crippen molar-refractivity contribution in [2.45, 2.75) is 6.54 Å². The zero-order valence-electron chi connectivity index (χ0n) is 13.9. The molecule has 0 saturated heterocycles. The third kappa shape index (κ3) is 4.33. The maximum Gasteiger partial charge on any atom is 0.187 e. The summed E-state index contributed by atoms with van der Waals surface area (Å²) in [6.07, 6.45) is 1.73. The molecule has 0 heterocycles. The number of fused-ring (bicyclic) bond motifs is 1. The van der Waals surface area contributed by atoms with Crippen molar-refractivity contribution in [2.75, 3.05) is 7.11 Å². The van der Waals surface area contributed by atoms with Crippen molar-refractivity contribution in [1.82, 2.24) is 10.7 Å². The zero-order chi connectivity index (χ0) is 17.5. The van der Waals surface area contributed by atoms with Crippen LogP contribution in [0.1, 0.15) is 11.1 Å². The van der Waals surface area contributed by atoms with E-state index in [1.54, 1.807) is 13.3 Å². The lowest BCUT2D eigenvalue weighted by molar-refractivity contribution is 0.415. The maximum atomic E-state index is 5.45. The fourth-order valence-electron chi connectivity index (χ4n) is 2.56. The van der Waals surface area contributed by atoms with Crippen molar-refractivity contribution < 1.29 is 4.74 Å². The fourth-order valence-corrected chi connectivity index (χ4v) is 2.68. The van der Waals surface area contributed by atoms with Crippen molar-refractivity contribution in [1.29, 1.82) is 0 Å². The largest absolute Gasteiger partial charge is 0.496 e. The number of nitrogens with one attached hydrogen (secondary N) is 2. The Morgan fingerprint density at radius 1 is 1.04 bits per heavy atom. The van der Waals surface area contributed by atoms with Gasteiger partial charge in [0.1, 0.15) is 5.75 Å². The predicted octanol–water partition coefficient (Wildman–Crippen LogP) is 3.85. The van der Waals surface area contributed by atoms with E-state index in [1.165, 1.54) is 0 Å². The molecule has 4 nitrogen and oxygen atoms in total. The second kappa shape index (κ2) is 8.26. The van der Waals surface area contributed by atoms with E-state index in [-0.39, 0.29) is 0 Å². The Morgan fingerprint density at radius 3 is 2.60 bits per heavy atom. The minimum absolute atomic E-state index is 0.472. The van der Waals surface area contributed by atoms with Crippen LogP contribution >= 0.6 is 12.2 Å². The van der Waals surface area contributed by atoms with Crippen LogP contribution in [0, 0.1) is 0 Å². The van der Waals surface area contributed by atoms with Gasteiger partial charge in [0.15, 0.2) is 5.11 Å². The number of rotatable bonds is 5. The molecule has 3 aromatic rings. The van der Waals surface area contributed by atoms with Gasteiger partial charge in [-0.1, -0.05) is 60.7 Å². The predicted molar refractivity (Wildman–Crippen MR) is 107 cm³/mol. The molecule has 0 unspecified atom stereocenters. The molecule has 5 heteroatoms. The van der Waals surface area contributed by atoms with Crippen LogP contribution in [0.3, 0.4) is 0 Å². The van der Waals surface area contributed by atoms with Crippen LogP contribution in [0.2, 0.25) is 0 Å². The van der Waals surface area contributed by atoms with Crippen molar-refractivity contribution >= 4 is 34.3 Å². The lowest BCUT2D eigenvalue weighted by atomic mass is 10.0. The number of hydrazone groups is 1. The first kappa shape index (κ1) is 16.9. The summed E-state index contributed by atoms with van der Waals surface area (Å²) < 4.78 is 5.45. The summed E-state index contributed by atoms with van der Waals surface area (Å²) in [5, 5.41) is 10.1. The number of nitrogens with zero attached hydrogens (tertiary/aromatic N) is 1. The Bertz CT molecular complexity index is 894. The van der Waals surface area contributed by atoms with E-state index < -0.39 is 0 Å². The molecule has 0 aromatic heterocycles. The standard InChI is InChI=1S/C20H19N3OS/c1-24-19-12-11-16-9-5-6-10-17(16)18(19)14-22-23-20(25)21-13-15-7-3-2-4-8-15/h2-12,14H,13H2,1H3,(H2,21,23,25)/b22-14-. The van der Waals surface area contributed by atoms with Gasteiger partial charge in [-0.25, -0.2) is 0 Å².